The number of urea groups is 1. The number of methoxy groups -OCH3 is 2. The Kier molecular flexibility index (Phi) is 9.51. The third-order valence-corrected chi connectivity index (χ3v) is 6.64. The van der Waals surface area contributed by atoms with Crippen LogP contribution in [-0.4, -0.2) is 74.8 Å². The second-order valence-corrected chi connectivity index (χ2v) is 9.08. The van der Waals surface area contributed by atoms with Gasteiger partial charge in [-0.25, -0.2) is 14.0 Å². The van der Waals surface area contributed by atoms with Crippen molar-refractivity contribution in [3.63, 3.8) is 0 Å². The Morgan fingerprint density at radius 2 is 1.84 bits per heavy atom. The zero-order valence-corrected chi connectivity index (χ0v) is 21.6. The van der Waals surface area contributed by atoms with Gasteiger partial charge in [0.1, 0.15) is 17.5 Å². The summed E-state index contributed by atoms with van der Waals surface area (Å²) in [6.07, 6.45) is 1.79. The molecule has 2 heterocycles. The highest BCUT2D eigenvalue weighted by atomic mass is 19.1. The summed E-state index contributed by atoms with van der Waals surface area (Å²) in [6, 6.07) is 3.44. The number of ether oxygens (including phenoxy) is 2. The van der Waals surface area contributed by atoms with Crippen LogP contribution in [0.25, 0.3) is 0 Å². The number of piperidine rings is 1. The van der Waals surface area contributed by atoms with E-state index in [9.17, 15) is 23.6 Å². The van der Waals surface area contributed by atoms with E-state index in [1.807, 2.05) is 0 Å². The van der Waals surface area contributed by atoms with Crippen molar-refractivity contribution in [3.05, 3.63) is 40.8 Å². The Hall–Kier alpha value is -3.60. The number of Topliss-reactive ketones (excluding diaryl/α,β-unsaturated/α-hetero) is 1. The summed E-state index contributed by atoms with van der Waals surface area (Å²) in [5, 5.41) is 5.22. The van der Waals surface area contributed by atoms with Gasteiger partial charge in [0.25, 0.3) is 0 Å². The van der Waals surface area contributed by atoms with Gasteiger partial charge in [0, 0.05) is 49.8 Å². The number of halogens is 1. The van der Waals surface area contributed by atoms with Crippen LogP contribution in [0.1, 0.15) is 44.6 Å². The van der Waals surface area contributed by atoms with Gasteiger partial charge in [0.2, 0.25) is 0 Å². The van der Waals surface area contributed by atoms with Crippen molar-refractivity contribution in [2.24, 2.45) is 10.9 Å². The summed E-state index contributed by atoms with van der Waals surface area (Å²) in [6.45, 7) is 5.86. The van der Waals surface area contributed by atoms with E-state index in [2.05, 4.69) is 20.5 Å². The van der Waals surface area contributed by atoms with E-state index in [-0.39, 0.29) is 17.0 Å². The number of nitrogens with one attached hydrogen (secondary N) is 2. The molecule has 0 bridgehead atoms. The van der Waals surface area contributed by atoms with Crippen LogP contribution in [0.4, 0.5) is 14.9 Å². The van der Waals surface area contributed by atoms with E-state index in [1.165, 1.54) is 32.4 Å². The maximum atomic E-state index is 14.7. The minimum atomic E-state index is -0.931. The van der Waals surface area contributed by atoms with Crippen LogP contribution in [0.3, 0.4) is 0 Å². The first-order valence-corrected chi connectivity index (χ1v) is 12.2. The van der Waals surface area contributed by atoms with Crippen molar-refractivity contribution in [2.75, 3.05) is 45.7 Å². The highest BCUT2D eigenvalue weighted by Gasteiger charge is 2.42. The monoisotopic (exact) mass is 516 g/mol. The number of carbonyl (C=O) groups excluding carboxylic acids is 4. The molecule has 37 heavy (non-hydrogen) atoms. The number of likely N-dealkylation sites (tertiary alicyclic amines) is 1. The van der Waals surface area contributed by atoms with Gasteiger partial charge in [-0.2, -0.15) is 0 Å². The number of anilines is 1. The number of ketones is 1. The Morgan fingerprint density at radius 3 is 2.49 bits per heavy atom. The molecule has 3 rings (SSSR count). The minimum absolute atomic E-state index is 0.102. The summed E-state index contributed by atoms with van der Waals surface area (Å²) in [5.41, 5.74) is 1.29. The van der Waals surface area contributed by atoms with Gasteiger partial charge < -0.3 is 25.0 Å². The third kappa shape index (κ3) is 6.79. The third-order valence-electron chi connectivity index (χ3n) is 6.64. The molecule has 200 valence electrons. The lowest BCUT2D eigenvalue weighted by atomic mass is 9.75. The maximum Gasteiger partial charge on any atom is 0.336 e. The normalized spacial score (nSPS) is 20.2. The number of hydrogen-bond donors (Lipinski definition) is 2. The van der Waals surface area contributed by atoms with Gasteiger partial charge in [0.05, 0.1) is 25.5 Å². The van der Waals surface area contributed by atoms with E-state index >= 15 is 0 Å². The lowest BCUT2D eigenvalue weighted by Crippen LogP contribution is -2.37. The molecule has 0 aliphatic carbocycles. The van der Waals surface area contributed by atoms with Crippen molar-refractivity contribution in [3.8, 4) is 0 Å². The Morgan fingerprint density at radius 1 is 1.14 bits per heavy atom. The smallest absolute Gasteiger partial charge is 0.336 e. The van der Waals surface area contributed by atoms with E-state index in [1.54, 1.807) is 13.8 Å². The zero-order valence-electron chi connectivity index (χ0n) is 21.6. The van der Waals surface area contributed by atoms with Gasteiger partial charge in [-0.3, -0.25) is 14.6 Å². The van der Waals surface area contributed by atoms with Crippen LogP contribution in [0.5, 0.6) is 0 Å². The minimum Gasteiger partial charge on any atom is -0.468 e. The van der Waals surface area contributed by atoms with Gasteiger partial charge in [-0.1, -0.05) is 6.07 Å². The predicted molar refractivity (Wildman–Crippen MR) is 135 cm³/mol. The molecule has 0 saturated carbocycles. The number of benzene rings is 1. The molecule has 2 unspecified atom stereocenters. The Balaban J connectivity index is 1.74. The van der Waals surface area contributed by atoms with Crippen LogP contribution in [-0.2, 0) is 23.9 Å². The Bertz CT molecular complexity index is 1120. The van der Waals surface area contributed by atoms with Crippen molar-refractivity contribution < 1.29 is 33.0 Å². The highest BCUT2D eigenvalue weighted by Crippen LogP contribution is 2.41. The van der Waals surface area contributed by atoms with Crippen molar-refractivity contribution >= 4 is 35.2 Å². The topological polar surface area (TPSA) is 126 Å². The van der Waals surface area contributed by atoms with Crippen LogP contribution in [0, 0.1) is 11.7 Å². The summed E-state index contributed by atoms with van der Waals surface area (Å²) in [4.78, 5) is 55.7. The van der Waals surface area contributed by atoms with E-state index in [4.69, 9.17) is 9.47 Å². The number of hydrogen-bond acceptors (Lipinski definition) is 8. The van der Waals surface area contributed by atoms with Crippen LogP contribution >= 0.6 is 0 Å². The first kappa shape index (κ1) is 28.0. The lowest BCUT2D eigenvalue weighted by Gasteiger charge is -2.31. The molecule has 1 aromatic rings. The number of allylic oxidation sites excluding steroid dienone is 1. The molecule has 2 atom stereocenters. The molecule has 0 aromatic heterocycles. The van der Waals surface area contributed by atoms with Gasteiger partial charge in [0.15, 0.2) is 0 Å². The molecule has 1 fully saturated rings. The molecular formula is C26H33FN4O6. The molecule has 1 aromatic carbocycles. The molecule has 2 N–H and O–H groups in total. The first-order valence-electron chi connectivity index (χ1n) is 12.2. The van der Waals surface area contributed by atoms with Crippen LogP contribution < -0.4 is 10.6 Å². The number of carbonyl (C=O) groups is 4. The fraction of sp³-hybridized carbons (Fsp3) is 0.500. The molecular weight excluding hydrogens is 483 g/mol. The van der Waals surface area contributed by atoms with Crippen molar-refractivity contribution in [1.29, 1.82) is 0 Å². The van der Waals surface area contributed by atoms with E-state index < -0.39 is 35.6 Å². The molecule has 2 aliphatic heterocycles. The second-order valence-electron chi connectivity index (χ2n) is 9.08. The molecule has 2 amide bonds. The molecule has 2 aliphatic rings. The van der Waals surface area contributed by atoms with E-state index in [0.717, 1.165) is 19.6 Å². The van der Waals surface area contributed by atoms with Crippen LogP contribution in [0.2, 0.25) is 0 Å². The van der Waals surface area contributed by atoms with Crippen LogP contribution in [0.15, 0.2) is 34.5 Å². The number of amides is 2. The SMILES string of the molecule is COC(=O)C1=C(C)N=C(C)C(C(=O)OC)C1c1ccc(F)c(NC(=O)NCCCN2CCC(=O)CC2)c1. The number of esters is 2. The molecule has 0 spiro atoms. The molecule has 11 heteroatoms. The quantitative estimate of drug-likeness (QED) is 0.402. The number of nitrogens with zero attached hydrogens (tertiary/aromatic N) is 2. The largest absolute Gasteiger partial charge is 0.468 e. The summed E-state index contributed by atoms with van der Waals surface area (Å²) >= 11 is 0. The van der Waals surface area contributed by atoms with E-state index in [0.29, 0.717) is 42.8 Å². The maximum absolute atomic E-state index is 14.7. The average molecular weight is 517 g/mol. The van der Waals surface area contributed by atoms with Gasteiger partial charge >= 0.3 is 18.0 Å². The first-order chi connectivity index (χ1) is 17.7. The lowest BCUT2D eigenvalue weighted by molar-refractivity contribution is -0.143. The van der Waals surface area contributed by atoms with Gasteiger partial charge in [-0.05, 0) is 44.5 Å². The summed E-state index contributed by atoms with van der Waals surface area (Å²) in [5.74, 6) is -3.45. The highest BCUT2D eigenvalue weighted by molar-refractivity contribution is 6.07. The predicted octanol–water partition coefficient (Wildman–Crippen LogP) is 2.80. The fourth-order valence-corrected chi connectivity index (χ4v) is 4.73. The second kappa shape index (κ2) is 12.6. The molecule has 1 saturated heterocycles. The van der Waals surface area contributed by atoms with Crippen molar-refractivity contribution in [2.45, 2.75) is 39.0 Å². The summed E-state index contributed by atoms with van der Waals surface area (Å²) < 4.78 is 24.6. The fourth-order valence-electron chi connectivity index (χ4n) is 4.73. The molecule has 10 nitrogen and oxygen atoms in total. The average Bonchev–Trinajstić information content (AvgIpc) is 2.87. The Labute approximate surface area is 215 Å². The van der Waals surface area contributed by atoms with Gasteiger partial charge in [-0.15, -0.1) is 0 Å². The zero-order chi connectivity index (χ0) is 27.1. The summed E-state index contributed by atoms with van der Waals surface area (Å²) in [7, 11) is 2.47. The number of aliphatic imine (C=N–C) groups is 1. The number of rotatable bonds is 8. The van der Waals surface area contributed by atoms with Crippen molar-refractivity contribution in [1.82, 2.24) is 10.2 Å². The standard InChI is InChI=1S/C26H33FN4O6/c1-15-21(24(33)36-3)23(22(16(2)29-15)25(34)37-4)17-6-7-19(27)20(14-17)30-26(35)28-10-5-11-31-12-8-18(32)9-13-31/h6-7,14,21,23H,5,8-13H2,1-4H3,(H2,28,30,35). The molecule has 0 radical (unpaired) electrons.